The molecule has 2 aromatic carbocycles. The smallest absolute Gasteiger partial charge is 0.357 e. The Morgan fingerprint density at radius 1 is 0.833 bits per heavy atom. The number of rotatable bonds is 3. The second kappa shape index (κ2) is 6.08. The summed E-state index contributed by atoms with van der Waals surface area (Å²) in [4.78, 5) is 20.8. The first-order chi connectivity index (χ1) is 11.8. The van der Waals surface area contributed by atoms with E-state index in [1.54, 1.807) is 24.4 Å². The van der Waals surface area contributed by atoms with Gasteiger partial charge in [-0.05, 0) is 23.6 Å². The highest BCUT2D eigenvalue weighted by Crippen LogP contribution is 2.26. The minimum Gasteiger partial charge on any atom is -0.454 e. The second-order valence-corrected chi connectivity index (χ2v) is 5.41. The highest BCUT2D eigenvalue weighted by Gasteiger charge is 2.12. The molecule has 0 aliphatic carbocycles. The summed E-state index contributed by atoms with van der Waals surface area (Å²) in [6.45, 7) is 0.112. The van der Waals surface area contributed by atoms with Gasteiger partial charge in [-0.25, -0.2) is 14.8 Å². The first-order valence-electron chi connectivity index (χ1n) is 7.67. The molecule has 2 heterocycles. The first-order valence-corrected chi connectivity index (χ1v) is 7.67. The lowest BCUT2D eigenvalue weighted by atomic mass is 10.0. The van der Waals surface area contributed by atoms with Crippen molar-refractivity contribution >= 4 is 27.6 Å². The van der Waals surface area contributed by atoms with Gasteiger partial charge in [-0.3, -0.25) is 0 Å². The van der Waals surface area contributed by atoms with Gasteiger partial charge in [0.2, 0.25) is 0 Å². The lowest BCUT2D eigenvalue weighted by molar-refractivity contribution is 0.0463. The van der Waals surface area contributed by atoms with Crippen LogP contribution in [-0.2, 0) is 11.3 Å². The Balaban J connectivity index is 1.72. The predicted molar refractivity (Wildman–Crippen MR) is 92.6 cm³/mol. The van der Waals surface area contributed by atoms with E-state index in [-0.39, 0.29) is 6.61 Å². The molecule has 0 fully saturated rings. The lowest BCUT2D eigenvalue weighted by Gasteiger charge is -2.10. The van der Waals surface area contributed by atoms with Crippen LogP contribution >= 0.6 is 0 Å². The Bertz CT molecular complexity index is 1030. The van der Waals surface area contributed by atoms with E-state index in [2.05, 4.69) is 16.0 Å². The van der Waals surface area contributed by atoms with E-state index in [1.165, 1.54) is 0 Å². The molecule has 116 valence electrons. The Hall–Kier alpha value is -3.27. The van der Waals surface area contributed by atoms with Crippen LogP contribution in [-0.4, -0.2) is 15.9 Å². The van der Waals surface area contributed by atoms with Crippen molar-refractivity contribution in [1.29, 1.82) is 0 Å². The molecule has 0 aliphatic heterocycles. The average molecular weight is 314 g/mol. The summed E-state index contributed by atoms with van der Waals surface area (Å²) >= 11 is 0. The number of hydrogen-bond donors (Lipinski definition) is 0. The molecule has 0 aliphatic rings. The van der Waals surface area contributed by atoms with Crippen LogP contribution in [0.3, 0.4) is 0 Å². The maximum Gasteiger partial charge on any atom is 0.357 e. The zero-order chi connectivity index (χ0) is 16.4. The van der Waals surface area contributed by atoms with Crippen molar-refractivity contribution in [2.45, 2.75) is 6.61 Å². The molecule has 0 saturated heterocycles. The maximum atomic E-state index is 12.1. The minimum atomic E-state index is -0.449. The molecule has 4 nitrogen and oxygen atoms in total. The van der Waals surface area contributed by atoms with Crippen molar-refractivity contribution in [1.82, 2.24) is 9.97 Å². The van der Waals surface area contributed by atoms with Gasteiger partial charge in [0.05, 0.1) is 11.2 Å². The molecule has 0 spiro atoms. The third kappa shape index (κ3) is 2.58. The molecule has 4 aromatic rings. The minimum absolute atomic E-state index is 0.112. The molecule has 24 heavy (non-hydrogen) atoms. The SMILES string of the molecule is O=C(OCc1nc2ccccc2c2ccccc12)c1ccccn1. The monoisotopic (exact) mass is 314 g/mol. The number of para-hydroxylation sites is 1. The van der Waals surface area contributed by atoms with E-state index in [0.29, 0.717) is 5.69 Å². The number of hydrogen-bond acceptors (Lipinski definition) is 4. The fourth-order valence-electron chi connectivity index (χ4n) is 2.78. The number of pyridine rings is 2. The summed E-state index contributed by atoms with van der Waals surface area (Å²) in [6.07, 6.45) is 1.57. The maximum absolute atomic E-state index is 12.1. The largest absolute Gasteiger partial charge is 0.454 e. The molecular weight excluding hydrogens is 300 g/mol. The van der Waals surface area contributed by atoms with Crippen molar-refractivity contribution in [3.8, 4) is 0 Å². The van der Waals surface area contributed by atoms with Crippen LogP contribution in [0, 0.1) is 0 Å². The van der Waals surface area contributed by atoms with Gasteiger partial charge in [-0.2, -0.15) is 0 Å². The average Bonchev–Trinajstić information content (AvgIpc) is 2.66. The lowest BCUT2D eigenvalue weighted by Crippen LogP contribution is -2.08. The Labute approximate surface area is 138 Å². The van der Waals surface area contributed by atoms with Crippen LogP contribution in [0.4, 0.5) is 0 Å². The highest BCUT2D eigenvalue weighted by molar-refractivity contribution is 6.06. The Morgan fingerprint density at radius 2 is 1.54 bits per heavy atom. The number of nitrogens with zero attached hydrogens (tertiary/aromatic N) is 2. The Morgan fingerprint density at radius 3 is 2.33 bits per heavy atom. The van der Waals surface area contributed by atoms with E-state index in [4.69, 9.17) is 4.74 Å². The summed E-state index contributed by atoms with van der Waals surface area (Å²) in [5.74, 6) is -0.449. The molecule has 4 heteroatoms. The van der Waals surface area contributed by atoms with Gasteiger partial charge < -0.3 is 4.74 Å². The number of benzene rings is 2. The normalized spacial score (nSPS) is 10.8. The third-order valence-electron chi connectivity index (χ3n) is 3.90. The molecule has 4 rings (SSSR count). The summed E-state index contributed by atoms with van der Waals surface area (Å²) in [5.41, 5.74) is 1.93. The van der Waals surface area contributed by atoms with Crippen LogP contribution in [0.25, 0.3) is 21.7 Å². The number of carbonyl (C=O) groups excluding carboxylic acids is 1. The van der Waals surface area contributed by atoms with Gasteiger partial charge in [0, 0.05) is 17.0 Å². The molecular formula is C20H14N2O2. The fraction of sp³-hybridized carbons (Fsp3) is 0.0500. The van der Waals surface area contributed by atoms with E-state index < -0.39 is 5.97 Å². The number of aromatic nitrogens is 2. The van der Waals surface area contributed by atoms with E-state index in [0.717, 1.165) is 27.4 Å². The van der Waals surface area contributed by atoms with Crippen LogP contribution in [0.1, 0.15) is 16.2 Å². The predicted octanol–water partition coefficient (Wildman–Crippen LogP) is 4.14. The van der Waals surface area contributed by atoms with Gasteiger partial charge in [0.15, 0.2) is 0 Å². The molecule has 0 saturated carbocycles. The van der Waals surface area contributed by atoms with Gasteiger partial charge in [0.1, 0.15) is 12.3 Å². The molecule has 0 unspecified atom stereocenters. The number of esters is 1. The summed E-state index contributed by atoms with van der Waals surface area (Å²) in [7, 11) is 0. The topological polar surface area (TPSA) is 52.1 Å². The van der Waals surface area contributed by atoms with Crippen molar-refractivity contribution in [2.75, 3.05) is 0 Å². The molecule has 0 bridgehead atoms. The van der Waals surface area contributed by atoms with Crippen molar-refractivity contribution in [3.63, 3.8) is 0 Å². The van der Waals surface area contributed by atoms with Gasteiger partial charge in [-0.15, -0.1) is 0 Å². The summed E-state index contributed by atoms with van der Waals surface area (Å²) < 4.78 is 5.41. The van der Waals surface area contributed by atoms with Gasteiger partial charge >= 0.3 is 5.97 Å². The molecule has 2 aromatic heterocycles. The van der Waals surface area contributed by atoms with E-state index in [9.17, 15) is 4.79 Å². The number of carbonyl (C=O) groups is 1. The zero-order valence-corrected chi connectivity index (χ0v) is 12.8. The van der Waals surface area contributed by atoms with Gasteiger partial charge in [-0.1, -0.05) is 48.5 Å². The standard InChI is InChI=1S/C20H14N2O2/c23-20(18-11-5-6-12-21-18)24-13-19-16-9-2-1-7-14(16)15-8-3-4-10-17(15)22-19/h1-12H,13H2. The number of fused-ring (bicyclic) bond motifs is 3. The van der Waals surface area contributed by atoms with Gasteiger partial charge in [0.25, 0.3) is 0 Å². The molecule has 0 amide bonds. The first kappa shape index (κ1) is 14.3. The molecule has 0 atom stereocenters. The highest BCUT2D eigenvalue weighted by atomic mass is 16.5. The number of ether oxygens (including phenoxy) is 1. The Kier molecular flexibility index (Phi) is 3.63. The third-order valence-corrected chi connectivity index (χ3v) is 3.90. The fourth-order valence-corrected chi connectivity index (χ4v) is 2.78. The van der Waals surface area contributed by atoms with Crippen LogP contribution in [0.2, 0.25) is 0 Å². The second-order valence-electron chi connectivity index (χ2n) is 5.41. The summed E-state index contributed by atoms with van der Waals surface area (Å²) in [6, 6.07) is 21.1. The van der Waals surface area contributed by atoms with Crippen LogP contribution in [0.15, 0.2) is 72.9 Å². The van der Waals surface area contributed by atoms with Crippen molar-refractivity contribution in [2.24, 2.45) is 0 Å². The molecule has 0 N–H and O–H groups in total. The van der Waals surface area contributed by atoms with Crippen LogP contribution in [0.5, 0.6) is 0 Å². The zero-order valence-electron chi connectivity index (χ0n) is 12.8. The summed E-state index contributed by atoms with van der Waals surface area (Å²) in [5, 5.41) is 3.19. The van der Waals surface area contributed by atoms with E-state index in [1.807, 2.05) is 42.5 Å². The van der Waals surface area contributed by atoms with Crippen molar-refractivity contribution in [3.05, 3.63) is 84.3 Å². The van der Waals surface area contributed by atoms with E-state index >= 15 is 0 Å². The van der Waals surface area contributed by atoms with Crippen LogP contribution < -0.4 is 0 Å². The van der Waals surface area contributed by atoms with Crippen molar-refractivity contribution < 1.29 is 9.53 Å². The molecule has 0 radical (unpaired) electrons. The quantitative estimate of drug-likeness (QED) is 0.421.